The summed E-state index contributed by atoms with van der Waals surface area (Å²) in [7, 11) is 0. The molecule has 2 N–H and O–H groups in total. The lowest BCUT2D eigenvalue weighted by atomic mass is 10.1. The predicted octanol–water partition coefficient (Wildman–Crippen LogP) is 1.68. The van der Waals surface area contributed by atoms with Gasteiger partial charge in [-0.3, -0.25) is 4.90 Å². The van der Waals surface area contributed by atoms with Crippen molar-refractivity contribution in [2.75, 3.05) is 39.4 Å². The Labute approximate surface area is 155 Å². The van der Waals surface area contributed by atoms with Crippen LogP contribution in [-0.2, 0) is 17.5 Å². The predicted molar refractivity (Wildman–Crippen MR) is 92.1 cm³/mol. The van der Waals surface area contributed by atoms with E-state index in [9.17, 15) is 18.0 Å². The van der Waals surface area contributed by atoms with Gasteiger partial charge in [0, 0.05) is 32.2 Å². The molecule has 0 aliphatic carbocycles. The number of aliphatic hydroxyl groups is 1. The van der Waals surface area contributed by atoms with Crippen LogP contribution in [-0.4, -0.2) is 72.5 Å². The normalized spacial score (nSPS) is 24.2. The van der Waals surface area contributed by atoms with Gasteiger partial charge in [0.1, 0.15) is 0 Å². The van der Waals surface area contributed by atoms with Gasteiger partial charge in [0.15, 0.2) is 0 Å². The molecule has 1 aromatic rings. The number of likely N-dealkylation sites (tertiary alicyclic amines) is 1. The Kier molecular flexibility index (Phi) is 6.23. The molecule has 2 unspecified atom stereocenters. The van der Waals surface area contributed by atoms with Crippen molar-refractivity contribution in [3.05, 3.63) is 35.4 Å². The van der Waals surface area contributed by atoms with E-state index in [1.165, 1.54) is 12.1 Å². The van der Waals surface area contributed by atoms with E-state index in [0.717, 1.165) is 30.7 Å². The van der Waals surface area contributed by atoms with Gasteiger partial charge in [-0.15, -0.1) is 0 Å². The van der Waals surface area contributed by atoms with Crippen LogP contribution in [0.2, 0.25) is 0 Å². The van der Waals surface area contributed by atoms with E-state index < -0.39 is 11.7 Å². The number of hydrogen-bond donors (Lipinski definition) is 2. The Bertz CT molecular complexity index is 639. The average molecular weight is 387 g/mol. The SMILES string of the molecule is O=C(NC1CCN(Cc2ccc(C(F)(F)F)cc2)C1)N1CCOC(CO)C1. The van der Waals surface area contributed by atoms with Crippen molar-refractivity contribution in [1.29, 1.82) is 0 Å². The summed E-state index contributed by atoms with van der Waals surface area (Å²) < 4.78 is 43.2. The number of carbonyl (C=O) groups excluding carboxylic acids is 1. The average Bonchev–Trinajstić information content (AvgIpc) is 3.08. The van der Waals surface area contributed by atoms with Crippen LogP contribution in [0.4, 0.5) is 18.0 Å². The zero-order valence-electron chi connectivity index (χ0n) is 14.9. The number of benzene rings is 1. The molecule has 150 valence electrons. The Morgan fingerprint density at radius 3 is 2.63 bits per heavy atom. The molecule has 9 heteroatoms. The van der Waals surface area contributed by atoms with E-state index in [-0.39, 0.29) is 24.8 Å². The number of halogens is 3. The molecule has 2 aliphatic rings. The molecule has 0 saturated carbocycles. The molecule has 2 atom stereocenters. The van der Waals surface area contributed by atoms with Crippen LogP contribution < -0.4 is 5.32 Å². The van der Waals surface area contributed by atoms with Gasteiger partial charge >= 0.3 is 12.2 Å². The van der Waals surface area contributed by atoms with Crippen LogP contribution in [0.3, 0.4) is 0 Å². The maximum Gasteiger partial charge on any atom is 0.416 e. The van der Waals surface area contributed by atoms with Gasteiger partial charge in [0.2, 0.25) is 0 Å². The number of urea groups is 1. The topological polar surface area (TPSA) is 65.0 Å². The van der Waals surface area contributed by atoms with Gasteiger partial charge in [-0.1, -0.05) is 12.1 Å². The molecule has 3 rings (SSSR count). The number of nitrogens with zero attached hydrogens (tertiary/aromatic N) is 2. The van der Waals surface area contributed by atoms with Crippen molar-refractivity contribution in [1.82, 2.24) is 15.1 Å². The molecular formula is C18H24F3N3O3. The van der Waals surface area contributed by atoms with Gasteiger partial charge in [-0.05, 0) is 24.1 Å². The number of carbonyl (C=O) groups is 1. The highest BCUT2D eigenvalue weighted by Crippen LogP contribution is 2.29. The number of ether oxygens (including phenoxy) is 1. The van der Waals surface area contributed by atoms with Crippen molar-refractivity contribution in [2.24, 2.45) is 0 Å². The highest BCUT2D eigenvalue weighted by atomic mass is 19.4. The zero-order valence-corrected chi connectivity index (χ0v) is 14.9. The van der Waals surface area contributed by atoms with Crippen LogP contribution >= 0.6 is 0 Å². The maximum atomic E-state index is 12.6. The largest absolute Gasteiger partial charge is 0.416 e. The molecule has 0 radical (unpaired) electrons. The van der Waals surface area contributed by atoms with Gasteiger partial charge in [-0.25, -0.2) is 4.79 Å². The first kappa shape index (κ1) is 19.9. The van der Waals surface area contributed by atoms with Crippen molar-refractivity contribution < 1.29 is 27.8 Å². The molecule has 0 bridgehead atoms. The monoisotopic (exact) mass is 387 g/mol. The van der Waals surface area contributed by atoms with E-state index in [1.807, 2.05) is 0 Å². The Hall–Kier alpha value is -1.84. The number of alkyl halides is 3. The zero-order chi connectivity index (χ0) is 19.4. The summed E-state index contributed by atoms with van der Waals surface area (Å²) in [6, 6.07) is 5.02. The molecule has 2 amide bonds. The summed E-state index contributed by atoms with van der Waals surface area (Å²) in [6.07, 6.45) is -3.87. The number of aliphatic hydroxyl groups excluding tert-OH is 1. The summed E-state index contributed by atoms with van der Waals surface area (Å²) in [5.74, 6) is 0. The standard InChI is InChI=1S/C18H24F3N3O3/c19-18(20,21)14-3-1-13(2-4-14)9-23-6-5-15(10-23)22-17(26)24-7-8-27-16(11-24)12-25/h1-4,15-16,25H,5-12H2,(H,22,26). The second-order valence-corrected chi connectivity index (χ2v) is 6.99. The second-order valence-electron chi connectivity index (χ2n) is 6.99. The quantitative estimate of drug-likeness (QED) is 0.825. The van der Waals surface area contributed by atoms with Crippen LogP contribution in [0.5, 0.6) is 0 Å². The Balaban J connectivity index is 1.46. The van der Waals surface area contributed by atoms with E-state index in [1.54, 1.807) is 4.90 Å². The van der Waals surface area contributed by atoms with E-state index >= 15 is 0 Å². The minimum atomic E-state index is -4.32. The lowest BCUT2D eigenvalue weighted by Crippen LogP contribution is -2.52. The van der Waals surface area contributed by atoms with Gasteiger partial charge < -0.3 is 20.1 Å². The van der Waals surface area contributed by atoms with Gasteiger partial charge in [0.25, 0.3) is 0 Å². The number of morpholine rings is 1. The minimum absolute atomic E-state index is 0.00219. The lowest BCUT2D eigenvalue weighted by Gasteiger charge is -2.32. The van der Waals surface area contributed by atoms with Crippen molar-refractivity contribution >= 4 is 6.03 Å². The van der Waals surface area contributed by atoms with Crippen LogP contribution in [0.15, 0.2) is 24.3 Å². The van der Waals surface area contributed by atoms with Crippen LogP contribution in [0.1, 0.15) is 17.5 Å². The summed E-state index contributed by atoms with van der Waals surface area (Å²) in [6.45, 7) is 3.12. The molecule has 2 aliphatic heterocycles. The molecule has 2 fully saturated rings. The number of nitrogens with one attached hydrogen (secondary N) is 1. The minimum Gasteiger partial charge on any atom is -0.394 e. The third kappa shape index (κ3) is 5.33. The summed E-state index contributed by atoms with van der Waals surface area (Å²) in [5.41, 5.74) is 0.165. The highest BCUT2D eigenvalue weighted by molar-refractivity contribution is 5.74. The molecule has 1 aromatic carbocycles. The first-order valence-corrected chi connectivity index (χ1v) is 9.01. The summed E-state index contributed by atoms with van der Waals surface area (Å²) >= 11 is 0. The fourth-order valence-corrected chi connectivity index (χ4v) is 3.43. The molecule has 2 heterocycles. The molecule has 0 spiro atoms. The van der Waals surface area contributed by atoms with Crippen molar-refractivity contribution in [2.45, 2.75) is 31.3 Å². The third-order valence-corrected chi connectivity index (χ3v) is 4.92. The van der Waals surface area contributed by atoms with E-state index in [2.05, 4.69) is 10.2 Å². The van der Waals surface area contributed by atoms with Gasteiger partial charge in [0.05, 0.1) is 31.4 Å². The fraction of sp³-hybridized carbons (Fsp3) is 0.611. The van der Waals surface area contributed by atoms with Crippen LogP contribution in [0, 0.1) is 0 Å². The molecule has 6 nitrogen and oxygen atoms in total. The molecular weight excluding hydrogens is 363 g/mol. The van der Waals surface area contributed by atoms with E-state index in [4.69, 9.17) is 9.84 Å². The molecule has 27 heavy (non-hydrogen) atoms. The Morgan fingerprint density at radius 1 is 1.22 bits per heavy atom. The molecule has 0 aromatic heterocycles. The van der Waals surface area contributed by atoms with E-state index in [0.29, 0.717) is 32.8 Å². The number of rotatable bonds is 4. The lowest BCUT2D eigenvalue weighted by molar-refractivity contribution is -0.137. The Morgan fingerprint density at radius 2 is 1.96 bits per heavy atom. The van der Waals surface area contributed by atoms with Gasteiger partial charge in [-0.2, -0.15) is 13.2 Å². The van der Waals surface area contributed by atoms with Crippen molar-refractivity contribution in [3.8, 4) is 0 Å². The molecule has 2 saturated heterocycles. The maximum absolute atomic E-state index is 12.6. The van der Waals surface area contributed by atoms with Crippen LogP contribution in [0.25, 0.3) is 0 Å². The second kappa shape index (κ2) is 8.45. The summed E-state index contributed by atoms with van der Waals surface area (Å²) in [5, 5.41) is 12.2. The first-order chi connectivity index (χ1) is 12.8. The summed E-state index contributed by atoms with van der Waals surface area (Å²) in [4.78, 5) is 16.1. The number of hydrogen-bond acceptors (Lipinski definition) is 4. The third-order valence-electron chi connectivity index (χ3n) is 4.92. The smallest absolute Gasteiger partial charge is 0.394 e. The highest BCUT2D eigenvalue weighted by Gasteiger charge is 2.31. The fourth-order valence-electron chi connectivity index (χ4n) is 3.43. The first-order valence-electron chi connectivity index (χ1n) is 9.01. The number of amides is 2. The van der Waals surface area contributed by atoms with Crippen molar-refractivity contribution in [3.63, 3.8) is 0 Å².